The van der Waals surface area contributed by atoms with E-state index in [0.29, 0.717) is 17.8 Å². The summed E-state index contributed by atoms with van der Waals surface area (Å²) >= 11 is 5.71. The van der Waals surface area contributed by atoms with E-state index >= 15 is 0 Å². The molecule has 0 spiro atoms. The molecule has 4 fully saturated rings. The van der Waals surface area contributed by atoms with Crippen LogP contribution in [0.5, 0.6) is 0 Å². The molecule has 0 aliphatic heterocycles. The highest BCUT2D eigenvalue weighted by molar-refractivity contribution is 6.31. The molecule has 2 N–H and O–H groups in total. The van der Waals surface area contributed by atoms with Crippen molar-refractivity contribution in [3.05, 3.63) is 64.4 Å². The molecule has 2 amide bonds. The van der Waals surface area contributed by atoms with Gasteiger partial charge in [-0.05, 0) is 86.6 Å². The van der Waals surface area contributed by atoms with Crippen LogP contribution in [0.1, 0.15) is 59.2 Å². The highest BCUT2D eigenvalue weighted by Crippen LogP contribution is 2.55. The van der Waals surface area contributed by atoms with Crippen LogP contribution >= 0.6 is 11.6 Å². The molecule has 0 saturated heterocycles. The van der Waals surface area contributed by atoms with Gasteiger partial charge < -0.3 is 15.4 Å². The van der Waals surface area contributed by atoms with Gasteiger partial charge in [0.1, 0.15) is 5.82 Å². The van der Waals surface area contributed by atoms with Crippen LogP contribution < -0.4 is 10.6 Å². The van der Waals surface area contributed by atoms with E-state index < -0.39 is 24.3 Å². The standard InChI is InChI=1S/C26H26ClFN2O4/c27-21-10-18(5-6-22(21)28)29-23(31)14-34-25(33)20-4-2-1-3-19(20)24(32)30-26-11-15-7-16(12-26)9-17(8-15)13-26/h1-6,10,15-17H,7-9,11-14H2,(H,29,31)(H,30,32). The van der Waals surface area contributed by atoms with Crippen LogP contribution in [0.15, 0.2) is 42.5 Å². The van der Waals surface area contributed by atoms with Crippen LogP contribution in [0.25, 0.3) is 0 Å². The Hall–Kier alpha value is -2.93. The van der Waals surface area contributed by atoms with Gasteiger partial charge in [-0.25, -0.2) is 9.18 Å². The van der Waals surface area contributed by atoms with Gasteiger partial charge in [-0.15, -0.1) is 0 Å². The number of ether oxygens (including phenoxy) is 1. The van der Waals surface area contributed by atoms with E-state index in [0.717, 1.165) is 25.3 Å². The van der Waals surface area contributed by atoms with Crippen molar-refractivity contribution in [3.63, 3.8) is 0 Å². The zero-order valence-corrected chi connectivity index (χ0v) is 19.4. The third kappa shape index (κ3) is 4.67. The SMILES string of the molecule is O=C(COC(=O)c1ccccc1C(=O)NC12CC3CC(CC(C3)C1)C2)Nc1ccc(F)c(Cl)c1. The number of amides is 2. The van der Waals surface area contributed by atoms with Gasteiger partial charge in [0.2, 0.25) is 0 Å². The molecule has 4 bridgehead atoms. The largest absolute Gasteiger partial charge is 0.452 e. The summed E-state index contributed by atoms with van der Waals surface area (Å²) < 4.78 is 18.4. The summed E-state index contributed by atoms with van der Waals surface area (Å²) in [6.45, 7) is -0.557. The minimum absolute atomic E-state index is 0.113. The predicted molar refractivity (Wildman–Crippen MR) is 125 cm³/mol. The van der Waals surface area contributed by atoms with Gasteiger partial charge in [-0.3, -0.25) is 9.59 Å². The number of nitrogens with one attached hydrogen (secondary N) is 2. The summed E-state index contributed by atoms with van der Waals surface area (Å²) in [7, 11) is 0. The molecule has 0 radical (unpaired) electrons. The van der Waals surface area contributed by atoms with Gasteiger partial charge in [-0.1, -0.05) is 23.7 Å². The van der Waals surface area contributed by atoms with Crippen LogP contribution in [0.4, 0.5) is 10.1 Å². The van der Waals surface area contributed by atoms with Gasteiger partial charge in [0, 0.05) is 11.2 Å². The lowest BCUT2D eigenvalue weighted by atomic mass is 9.53. The molecule has 8 heteroatoms. The Bertz CT molecular complexity index is 1120. The second-order valence-electron chi connectivity index (χ2n) is 9.95. The average molecular weight is 485 g/mol. The molecule has 6 rings (SSSR count). The van der Waals surface area contributed by atoms with Gasteiger partial charge in [0.25, 0.3) is 11.8 Å². The lowest BCUT2D eigenvalue weighted by Gasteiger charge is -2.56. The zero-order valence-electron chi connectivity index (χ0n) is 18.6. The normalized spacial score (nSPS) is 26.7. The fourth-order valence-corrected chi connectivity index (χ4v) is 6.59. The van der Waals surface area contributed by atoms with Crippen LogP contribution in [0.2, 0.25) is 5.02 Å². The first kappa shape index (κ1) is 22.8. The van der Waals surface area contributed by atoms with Crippen LogP contribution in [0, 0.1) is 23.6 Å². The Morgan fingerprint density at radius 1 is 0.971 bits per heavy atom. The van der Waals surface area contributed by atoms with Crippen molar-refractivity contribution in [2.45, 2.75) is 44.1 Å². The minimum Gasteiger partial charge on any atom is -0.452 e. The Labute approximate surface area is 202 Å². The molecular weight excluding hydrogens is 459 g/mol. The number of carbonyl (C=O) groups is 3. The molecule has 0 unspecified atom stereocenters. The van der Waals surface area contributed by atoms with E-state index in [2.05, 4.69) is 10.6 Å². The van der Waals surface area contributed by atoms with E-state index in [-0.39, 0.29) is 33.3 Å². The third-order valence-corrected chi connectivity index (χ3v) is 7.64. The molecule has 34 heavy (non-hydrogen) atoms. The summed E-state index contributed by atoms with van der Waals surface area (Å²) in [6.07, 6.45) is 6.82. The maximum absolute atomic E-state index is 13.3. The third-order valence-electron chi connectivity index (χ3n) is 7.35. The summed E-state index contributed by atoms with van der Waals surface area (Å²) in [5, 5.41) is 5.64. The van der Waals surface area contributed by atoms with Gasteiger partial charge in [0.05, 0.1) is 16.1 Å². The number of benzene rings is 2. The van der Waals surface area contributed by atoms with Gasteiger partial charge >= 0.3 is 5.97 Å². The molecule has 4 saturated carbocycles. The van der Waals surface area contributed by atoms with Crippen molar-refractivity contribution in [2.24, 2.45) is 17.8 Å². The van der Waals surface area contributed by atoms with Crippen molar-refractivity contribution in [1.82, 2.24) is 5.32 Å². The highest BCUT2D eigenvalue weighted by atomic mass is 35.5. The maximum atomic E-state index is 13.3. The van der Waals surface area contributed by atoms with Crippen molar-refractivity contribution in [2.75, 3.05) is 11.9 Å². The molecule has 0 aromatic heterocycles. The van der Waals surface area contributed by atoms with E-state index in [9.17, 15) is 18.8 Å². The number of carbonyl (C=O) groups excluding carboxylic acids is 3. The van der Waals surface area contributed by atoms with E-state index in [4.69, 9.17) is 16.3 Å². The number of hydrogen-bond donors (Lipinski definition) is 2. The minimum atomic E-state index is -0.761. The number of rotatable bonds is 6. The summed E-state index contributed by atoms with van der Waals surface area (Å²) in [5.74, 6) is -0.201. The first-order valence-electron chi connectivity index (χ1n) is 11.6. The number of anilines is 1. The van der Waals surface area contributed by atoms with E-state index in [1.165, 1.54) is 37.5 Å². The van der Waals surface area contributed by atoms with Crippen molar-refractivity contribution >= 4 is 35.1 Å². The molecule has 2 aromatic carbocycles. The van der Waals surface area contributed by atoms with Crippen molar-refractivity contribution in [1.29, 1.82) is 0 Å². The van der Waals surface area contributed by atoms with Crippen LogP contribution in [-0.2, 0) is 9.53 Å². The monoisotopic (exact) mass is 484 g/mol. The van der Waals surface area contributed by atoms with Crippen LogP contribution in [-0.4, -0.2) is 29.9 Å². The molecule has 4 aliphatic rings. The smallest absolute Gasteiger partial charge is 0.339 e. The second kappa shape index (κ2) is 9.02. The van der Waals surface area contributed by atoms with Crippen LogP contribution in [0.3, 0.4) is 0 Å². The predicted octanol–water partition coefficient (Wildman–Crippen LogP) is 4.97. The Morgan fingerprint density at radius 3 is 2.21 bits per heavy atom. The topological polar surface area (TPSA) is 84.5 Å². The summed E-state index contributed by atoms with van der Waals surface area (Å²) in [6, 6.07) is 10.2. The molecule has 0 heterocycles. The van der Waals surface area contributed by atoms with E-state index in [1.54, 1.807) is 18.2 Å². The molecule has 4 aliphatic carbocycles. The maximum Gasteiger partial charge on any atom is 0.339 e. The fourth-order valence-electron chi connectivity index (χ4n) is 6.41. The quantitative estimate of drug-likeness (QED) is 0.567. The summed E-state index contributed by atoms with van der Waals surface area (Å²) in [4.78, 5) is 38.2. The Kier molecular flexibility index (Phi) is 6.06. The zero-order chi connectivity index (χ0) is 23.9. The van der Waals surface area contributed by atoms with Crippen molar-refractivity contribution in [3.8, 4) is 0 Å². The number of esters is 1. The summed E-state index contributed by atoms with van der Waals surface area (Å²) in [5.41, 5.74) is 0.457. The molecule has 178 valence electrons. The Morgan fingerprint density at radius 2 is 1.59 bits per heavy atom. The molecular formula is C26H26ClFN2O4. The number of hydrogen-bond acceptors (Lipinski definition) is 4. The first-order chi connectivity index (χ1) is 16.3. The Balaban J connectivity index is 1.22. The number of halogens is 2. The lowest BCUT2D eigenvalue weighted by Crippen LogP contribution is -2.59. The lowest BCUT2D eigenvalue weighted by molar-refractivity contribution is -0.119. The van der Waals surface area contributed by atoms with Gasteiger partial charge in [-0.2, -0.15) is 0 Å². The molecule has 2 aromatic rings. The second-order valence-corrected chi connectivity index (χ2v) is 10.4. The first-order valence-corrected chi connectivity index (χ1v) is 12.0. The molecule has 6 nitrogen and oxygen atoms in total. The average Bonchev–Trinajstić information content (AvgIpc) is 2.78. The molecule has 0 atom stereocenters. The highest BCUT2D eigenvalue weighted by Gasteiger charge is 2.51. The van der Waals surface area contributed by atoms with Gasteiger partial charge in [0.15, 0.2) is 6.61 Å². The van der Waals surface area contributed by atoms with Crippen molar-refractivity contribution < 1.29 is 23.5 Å². The van der Waals surface area contributed by atoms with E-state index in [1.807, 2.05) is 0 Å². The fraction of sp³-hybridized carbons (Fsp3) is 0.423.